The van der Waals surface area contributed by atoms with Gasteiger partial charge in [-0.25, -0.2) is 14.5 Å². The smallest absolute Gasteiger partial charge is 0.338 e. The van der Waals surface area contributed by atoms with Crippen LogP contribution in [0, 0.1) is 0 Å². The van der Waals surface area contributed by atoms with Gasteiger partial charge >= 0.3 is 5.97 Å². The number of halogens is 2. The number of nitrogens with zero attached hydrogens (tertiary/aromatic N) is 5. The van der Waals surface area contributed by atoms with Gasteiger partial charge in [-0.05, 0) is 55.0 Å². The van der Waals surface area contributed by atoms with E-state index in [1.165, 1.54) is 27.8 Å². The van der Waals surface area contributed by atoms with E-state index in [2.05, 4.69) is 20.6 Å². The Labute approximate surface area is 250 Å². The highest BCUT2D eigenvalue weighted by atomic mass is 35.5. The van der Waals surface area contributed by atoms with E-state index in [0.29, 0.717) is 33.2 Å². The van der Waals surface area contributed by atoms with Gasteiger partial charge in [0.05, 0.1) is 36.1 Å². The van der Waals surface area contributed by atoms with E-state index in [1.807, 2.05) is 30.3 Å². The Bertz CT molecular complexity index is 1790. The standard InChI is InChI=1S/C30H24Cl2N6O4/c1-2-42-30(41)20-8-11-22(12-9-20)34-29(40)26(14-19-6-4-3-5-7-19)37-18-33-24(16-28(37)39)23-15-21(31)10-13-25(23)38-17-27(32)35-36-38/h3-13,15-18,26H,2,14H2,1H3,(H,34,40)/t26-/m0/s1. The molecule has 5 aromatic rings. The van der Waals surface area contributed by atoms with Gasteiger partial charge < -0.3 is 10.1 Å². The van der Waals surface area contributed by atoms with Gasteiger partial charge in [-0.3, -0.25) is 14.2 Å². The van der Waals surface area contributed by atoms with Crippen LogP contribution in [-0.2, 0) is 16.0 Å². The quantitative estimate of drug-likeness (QED) is 0.224. The first kappa shape index (κ1) is 28.7. The van der Waals surface area contributed by atoms with Crippen molar-refractivity contribution in [2.45, 2.75) is 19.4 Å². The highest BCUT2D eigenvalue weighted by molar-refractivity contribution is 6.31. The number of carbonyl (C=O) groups excluding carboxylic acids is 2. The van der Waals surface area contributed by atoms with Crippen LogP contribution in [0.15, 0.2) is 96.2 Å². The minimum atomic E-state index is -0.931. The zero-order chi connectivity index (χ0) is 29.6. The summed E-state index contributed by atoms with van der Waals surface area (Å²) in [5.41, 5.74) is 2.64. The molecule has 0 saturated carbocycles. The van der Waals surface area contributed by atoms with Crippen LogP contribution in [0.4, 0.5) is 5.69 Å². The van der Waals surface area contributed by atoms with E-state index in [0.717, 1.165) is 5.56 Å². The van der Waals surface area contributed by atoms with Crippen molar-refractivity contribution in [3.8, 4) is 16.9 Å². The second-order valence-electron chi connectivity index (χ2n) is 9.16. The maximum absolute atomic E-state index is 13.6. The molecule has 0 radical (unpaired) electrons. The molecule has 0 unspecified atom stereocenters. The van der Waals surface area contributed by atoms with E-state index in [4.69, 9.17) is 27.9 Å². The van der Waals surface area contributed by atoms with Crippen LogP contribution in [-0.4, -0.2) is 43.0 Å². The number of benzene rings is 3. The molecular weight excluding hydrogens is 579 g/mol. The molecule has 0 aliphatic heterocycles. The summed E-state index contributed by atoms with van der Waals surface area (Å²) < 4.78 is 7.76. The molecule has 0 aliphatic rings. The maximum atomic E-state index is 13.6. The van der Waals surface area contributed by atoms with Crippen molar-refractivity contribution in [3.63, 3.8) is 0 Å². The van der Waals surface area contributed by atoms with Crippen molar-refractivity contribution in [1.82, 2.24) is 24.5 Å². The van der Waals surface area contributed by atoms with Crippen molar-refractivity contribution in [2.75, 3.05) is 11.9 Å². The second-order valence-corrected chi connectivity index (χ2v) is 9.98. The third kappa shape index (κ3) is 6.56. The molecule has 1 amide bonds. The van der Waals surface area contributed by atoms with E-state index < -0.39 is 23.5 Å². The Balaban J connectivity index is 1.48. The van der Waals surface area contributed by atoms with Gasteiger partial charge in [-0.2, -0.15) is 0 Å². The van der Waals surface area contributed by atoms with Crippen LogP contribution in [0.2, 0.25) is 10.2 Å². The molecule has 2 aromatic heterocycles. The van der Waals surface area contributed by atoms with Gasteiger partial charge in [0, 0.05) is 28.8 Å². The van der Waals surface area contributed by atoms with Crippen LogP contribution in [0.25, 0.3) is 16.9 Å². The molecule has 0 saturated heterocycles. The number of esters is 1. The summed E-state index contributed by atoms with van der Waals surface area (Å²) in [5, 5.41) is 11.3. The van der Waals surface area contributed by atoms with Crippen molar-refractivity contribution >= 4 is 40.8 Å². The number of aromatic nitrogens is 5. The van der Waals surface area contributed by atoms with Crippen LogP contribution in [0.3, 0.4) is 0 Å². The number of hydrogen-bond donors (Lipinski definition) is 1. The summed E-state index contributed by atoms with van der Waals surface area (Å²) in [6.45, 7) is 1.98. The second kappa shape index (κ2) is 12.8. The average Bonchev–Trinajstić information content (AvgIpc) is 3.43. The molecule has 0 fully saturated rings. The van der Waals surface area contributed by atoms with Crippen LogP contribution in [0.5, 0.6) is 0 Å². The van der Waals surface area contributed by atoms with Crippen molar-refractivity contribution in [3.05, 3.63) is 123 Å². The summed E-state index contributed by atoms with van der Waals surface area (Å²) in [5.74, 6) is -0.884. The van der Waals surface area contributed by atoms with Gasteiger partial charge in [0.2, 0.25) is 5.91 Å². The summed E-state index contributed by atoms with van der Waals surface area (Å²) in [7, 11) is 0. The first-order valence-electron chi connectivity index (χ1n) is 12.9. The lowest BCUT2D eigenvalue weighted by molar-refractivity contribution is -0.119. The first-order valence-corrected chi connectivity index (χ1v) is 13.7. The lowest BCUT2D eigenvalue weighted by Crippen LogP contribution is -2.34. The molecule has 2 heterocycles. The summed E-state index contributed by atoms with van der Waals surface area (Å²) in [6.07, 6.45) is 3.09. The highest BCUT2D eigenvalue weighted by Gasteiger charge is 2.24. The molecule has 1 N–H and O–H groups in total. The van der Waals surface area contributed by atoms with Gasteiger partial charge in [-0.15, -0.1) is 5.10 Å². The maximum Gasteiger partial charge on any atom is 0.338 e. The number of rotatable bonds is 9. The normalized spacial score (nSPS) is 11.6. The zero-order valence-corrected chi connectivity index (χ0v) is 23.8. The van der Waals surface area contributed by atoms with Crippen LogP contribution < -0.4 is 10.9 Å². The van der Waals surface area contributed by atoms with E-state index >= 15 is 0 Å². The predicted molar refractivity (Wildman–Crippen MR) is 159 cm³/mol. The van der Waals surface area contributed by atoms with Gasteiger partial charge in [-0.1, -0.05) is 58.7 Å². The van der Waals surface area contributed by atoms with Crippen LogP contribution in [0.1, 0.15) is 28.9 Å². The Morgan fingerprint density at radius 1 is 1.00 bits per heavy atom. The Hall–Kier alpha value is -4.80. The largest absolute Gasteiger partial charge is 0.462 e. The lowest BCUT2D eigenvalue weighted by atomic mass is 10.0. The molecule has 0 spiro atoms. The Kier molecular flexibility index (Phi) is 8.75. The monoisotopic (exact) mass is 602 g/mol. The van der Waals surface area contributed by atoms with Crippen LogP contribution >= 0.6 is 23.2 Å². The summed E-state index contributed by atoms with van der Waals surface area (Å²) >= 11 is 12.2. The number of anilines is 1. The molecule has 12 heteroatoms. The number of carbonyl (C=O) groups is 2. The number of ether oxygens (including phenoxy) is 1. The summed E-state index contributed by atoms with van der Waals surface area (Å²) in [6, 6.07) is 21.1. The fourth-order valence-electron chi connectivity index (χ4n) is 4.35. The average molecular weight is 603 g/mol. The molecular formula is C30H24Cl2N6O4. The molecule has 5 rings (SSSR count). The molecule has 1 atom stereocenters. The third-order valence-electron chi connectivity index (χ3n) is 6.36. The zero-order valence-electron chi connectivity index (χ0n) is 22.3. The topological polar surface area (TPSA) is 121 Å². The van der Waals surface area contributed by atoms with Gasteiger partial charge in [0.25, 0.3) is 5.56 Å². The fraction of sp³-hybridized carbons (Fsp3) is 0.133. The predicted octanol–water partition coefficient (Wildman–Crippen LogP) is 5.40. The molecule has 0 bridgehead atoms. The minimum Gasteiger partial charge on any atom is -0.462 e. The van der Waals surface area contributed by atoms with Gasteiger partial charge in [0.1, 0.15) is 6.04 Å². The number of amides is 1. The molecule has 3 aromatic carbocycles. The highest BCUT2D eigenvalue weighted by Crippen LogP contribution is 2.28. The van der Waals surface area contributed by atoms with E-state index in [1.54, 1.807) is 49.4 Å². The lowest BCUT2D eigenvalue weighted by Gasteiger charge is -2.20. The molecule has 212 valence electrons. The van der Waals surface area contributed by atoms with Gasteiger partial charge in [0.15, 0.2) is 5.15 Å². The van der Waals surface area contributed by atoms with E-state index in [-0.39, 0.29) is 18.2 Å². The molecule has 10 nitrogen and oxygen atoms in total. The SMILES string of the molecule is CCOC(=O)c1ccc(NC(=O)[C@H](Cc2ccccc2)n2cnc(-c3cc(Cl)ccc3-n3cc(Cl)nn3)cc2=O)cc1. The summed E-state index contributed by atoms with van der Waals surface area (Å²) in [4.78, 5) is 43.6. The van der Waals surface area contributed by atoms with E-state index in [9.17, 15) is 14.4 Å². The molecule has 42 heavy (non-hydrogen) atoms. The van der Waals surface area contributed by atoms with Crippen molar-refractivity contribution < 1.29 is 14.3 Å². The fourth-order valence-corrected chi connectivity index (χ4v) is 4.65. The van der Waals surface area contributed by atoms with Crippen molar-refractivity contribution in [1.29, 1.82) is 0 Å². The minimum absolute atomic E-state index is 0.199. The third-order valence-corrected chi connectivity index (χ3v) is 6.76. The number of nitrogens with one attached hydrogen (secondary N) is 1. The Morgan fingerprint density at radius 3 is 2.43 bits per heavy atom. The number of hydrogen-bond acceptors (Lipinski definition) is 7. The first-order chi connectivity index (χ1) is 20.3. The molecule has 0 aliphatic carbocycles. The Morgan fingerprint density at radius 2 is 1.76 bits per heavy atom. The van der Waals surface area contributed by atoms with Crippen molar-refractivity contribution in [2.24, 2.45) is 0 Å².